The van der Waals surface area contributed by atoms with Gasteiger partial charge in [-0.2, -0.15) is 10.1 Å². The largest absolute Gasteiger partial charge is 0.494 e. The number of nitrogens with zero attached hydrogens (tertiary/aromatic N) is 3. The SMILES string of the molecule is COc1cc([N+](=O)[O-])ccc1NC(=O)C(=O)Nc1ncn[nH]1. The summed E-state index contributed by atoms with van der Waals surface area (Å²) < 4.78 is 4.94. The minimum atomic E-state index is -0.997. The van der Waals surface area contributed by atoms with Gasteiger partial charge in [0, 0.05) is 6.07 Å². The average molecular weight is 306 g/mol. The van der Waals surface area contributed by atoms with Crippen LogP contribution >= 0.6 is 0 Å². The number of amides is 2. The van der Waals surface area contributed by atoms with Crippen molar-refractivity contribution in [3.63, 3.8) is 0 Å². The Morgan fingerprint density at radius 2 is 2.05 bits per heavy atom. The van der Waals surface area contributed by atoms with Crippen LogP contribution in [0.3, 0.4) is 0 Å². The predicted octanol–water partition coefficient (Wildman–Crippen LogP) is 0.299. The van der Waals surface area contributed by atoms with Crippen molar-refractivity contribution in [2.45, 2.75) is 0 Å². The fourth-order valence-corrected chi connectivity index (χ4v) is 1.51. The summed E-state index contributed by atoms with van der Waals surface area (Å²) in [6.07, 6.45) is 1.16. The van der Waals surface area contributed by atoms with E-state index in [0.29, 0.717) is 0 Å². The van der Waals surface area contributed by atoms with Crippen LogP contribution in [0.2, 0.25) is 0 Å². The number of nitro groups is 1. The molecule has 0 spiro atoms. The zero-order valence-electron chi connectivity index (χ0n) is 11.2. The highest BCUT2D eigenvalue weighted by molar-refractivity contribution is 6.43. The molecule has 0 unspecified atom stereocenters. The molecule has 11 heteroatoms. The molecule has 0 fully saturated rings. The third-order valence-corrected chi connectivity index (χ3v) is 2.50. The highest BCUT2D eigenvalue weighted by Crippen LogP contribution is 2.28. The lowest BCUT2D eigenvalue weighted by Gasteiger charge is -2.09. The van der Waals surface area contributed by atoms with E-state index in [2.05, 4.69) is 25.8 Å². The van der Waals surface area contributed by atoms with Crippen LogP contribution in [0.25, 0.3) is 0 Å². The molecule has 11 nitrogen and oxygen atoms in total. The second-order valence-corrected chi connectivity index (χ2v) is 3.88. The van der Waals surface area contributed by atoms with Gasteiger partial charge in [0.2, 0.25) is 5.95 Å². The first-order valence-electron chi connectivity index (χ1n) is 5.81. The minimum absolute atomic E-state index is 0.0100. The fourth-order valence-electron chi connectivity index (χ4n) is 1.51. The lowest BCUT2D eigenvalue weighted by molar-refractivity contribution is -0.384. The van der Waals surface area contributed by atoms with Gasteiger partial charge in [0.05, 0.1) is 23.8 Å². The molecular formula is C11H10N6O5. The maximum absolute atomic E-state index is 11.8. The van der Waals surface area contributed by atoms with Gasteiger partial charge in [0.25, 0.3) is 5.69 Å². The number of aromatic amines is 1. The van der Waals surface area contributed by atoms with Gasteiger partial charge >= 0.3 is 11.8 Å². The molecular weight excluding hydrogens is 296 g/mol. The molecule has 0 atom stereocenters. The Morgan fingerprint density at radius 1 is 1.32 bits per heavy atom. The number of anilines is 2. The van der Waals surface area contributed by atoms with Crippen molar-refractivity contribution in [2.75, 3.05) is 17.7 Å². The summed E-state index contributed by atoms with van der Waals surface area (Å²) in [6, 6.07) is 3.56. The zero-order chi connectivity index (χ0) is 16.1. The Labute approximate surface area is 122 Å². The summed E-state index contributed by atoms with van der Waals surface area (Å²) in [7, 11) is 1.28. The van der Waals surface area contributed by atoms with Crippen LogP contribution in [0.4, 0.5) is 17.3 Å². The summed E-state index contributed by atoms with van der Waals surface area (Å²) in [6.45, 7) is 0. The summed E-state index contributed by atoms with van der Waals surface area (Å²) in [4.78, 5) is 37.1. The standard InChI is InChI=1S/C11H10N6O5/c1-22-8-4-6(17(20)21)2-3-7(8)14-9(18)10(19)15-11-12-5-13-16-11/h2-5H,1H3,(H,14,18)(H2,12,13,15,16,19). The highest BCUT2D eigenvalue weighted by Gasteiger charge is 2.18. The summed E-state index contributed by atoms with van der Waals surface area (Å²) in [5.41, 5.74) is -0.0909. The summed E-state index contributed by atoms with van der Waals surface area (Å²) in [5.74, 6) is -1.92. The number of ether oxygens (including phenoxy) is 1. The van der Waals surface area contributed by atoms with Gasteiger partial charge < -0.3 is 10.1 Å². The van der Waals surface area contributed by atoms with Crippen molar-refractivity contribution in [1.29, 1.82) is 0 Å². The second-order valence-electron chi connectivity index (χ2n) is 3.88. The normalized spacial score (nSPS) is 9.86. The Morgan fingerprint density at radius 3 is 2.64 bits per heavy atom. The van der Waals surface area contributed by atoms with E-state index in [4.69, 9.17) is 4.74 Å². The smallest absolute Gasteiger partial charge is 0.316 e. The van der Waals surface area contributed by atoms with Crippen LogP contribution in [0, 0.1) is 10.1 Å². The molecule has 0 bridgehead atoms. The molecule has 0 saturated heterocycles. The highest BCUT2D eigenvalue weighted by atomic mass is 16.6. The molecule has 3 N–H and O–H groups in total. The van der Waals surface area contributed by atoms with E-state index in [1.807, 2.05) is 0 Å². The van der Waals surface area contributed by atoms with E-state index in [1.165, 1.54) is 19.2 Å². The number of methoxy groups -OCH3 is 1. The molecule has 0 aliphatic rings. The number of hydrogen-bond donors (Lipinski definition) is 3. The number of benzene rings is 1. The van der Waals surface area contributed by atoms with Gasteiger partial charge in [-0.15, -0.1) is 0 Å². The topological polar surface area (TPSA) is 152 Å². The van der Waals surface area contributed by atoms with Gasteiger partial charge in [-0.3, -0.25) is 25.0 Å². The van der Waals surface area contributed by atoms with Crippen LogP contribution in [0.15, 0.2) is 24.5 Å². The lowest BCUT2D eigenvalue weighted by atomic mass is 10.2. The average Bonchev–Trinajstić information content (AvgIpc) is 3.00. The van der Waals surface area contributed by atoms with Gasteiger partial charge in [-0.1, -0.05) is 0 Å². The first-order valence-corrected chi connectivity index (χ1v) is 5.81. The van der Waals surface area contributed by atoms with Crippen molar-refractivity contribution in [3.8, 4) is 5.75 Å². The number of H-pyrrole nitrogens is 1. The third-order valence-electron chi connectivity index (χ3n) is 2.50. The molecule has 0 aliphatic heterocycles. The zero-order valence-corrected chi connectivity index (χ0v) is 11.2. The van der Waals surface area contributed by atoms with Crippen LogP contribution in [0.5, 0.6) is 5.75 Å². The van der Waals surface area contributed by atoms with Crippen molar-refractivity contribution >= 4 is 29.1 Å². The number of nitrogens with one attached hydrogen (secondary N) is 3. The molecule has 114 valence electrons. The number of rotatable bonds is 4. The molecule has 1 aromatic carbocycles. The number of aromatic nitrogens is 3. The molecule has 1 heterocycles. The van der Waals surface area contributed by atoms with Crippen molar-refractivity contribution in [3.05, 3.63) is 34.6 Å². The Kier molecular flexibility index (Phi) is 4.27. The minimum Gasteiger partial charge on any atom is -0.494 e. The molecule has 0 aliphatic carbocycles. The first kappa shape index (κ1) is 14.9. The molecule has 2 rings (SSSR count). The van der Waals surface area contributed by atoms with Crippen molar-refractivity contribution in [2.24, 2.45) is 0 Å². The predicted molar refractivity (Wildman–Crippen MR) is 73.3 cm³/mol. The van der Waals surface area contributed by atoms with E-state index < -0.39 is 16.7 Å². The van der Waals surface area contributed by atoms with E-state index in [9.17, 15) is 19.7 Å². The number of non-ortho nitro benzene ring substituents is 1. The van der Waals surface area contributed by atoms with Crippen LogP contribution in [-0.2, 0) is 9.59 Å². The lowest BCUT2D eigenvalue weighted by Crippen LogP contribution is -2.29. The van der Waals surface area contributed by atoms with Crippen LogP contribution < -0.4 is 15.4 Å². The Balaban J connectivity index is 2.10. The van der Waals surface area contributed by atoms with Crippen molar-refractivity contribution < 1.29 is 19.2 Å². The summed E-state index contributed by atoms with van der Waals surface area (Å²) >= 11 is 0. The monoisotopic (exact) mass is 306 g/mol. The van der Waals surface area contributed by atoms with Gasteiger partial charge in [0.15, 0.2) is 0 Å². The number of carbonyl (C=O) groups is 2. The quantitative estimate of drug-likeness (QED) is 0.417. The van der Waals surface area contributed by atoms with E-state index in [-0.39, 0.29) is 23.1 Å². The Bertz CT molecular complexity index is 714. The fraction of sp³-hybridized carbons (Fsp3) is 0.0909. The molecule has 2 aromatic rings. The third kappa shape index (κ3) is 3.33. The van der Waals surface area contributed by atoms with Crippen molar-refractivity contribution in [1.82, 2.24) is 15.2 Å². The Hall–Kier alpha value is -3.50. The number of hydrogen-bond acceptors (Lipinski definition) is 7. The van der Waals surface area contributed by atoms with Gasteiger partial charge in [0.1, 0.15) is 12.1 Å². The van der Waals surface area contributed by atoms with E-state index in [1.54, 1.807) is 0 Å². The van der Waals surface area contributed by atoms with Gasteiger partial charge in [-0.05, 0) is 6.07 Å². The number of nitro benzene ring substituents is 1. The number of carbonyl (C=O) groups excluding carboxylic acids is 2. The first-order chi connectivity index (χ1) is 10.5. The summed E-state index contributed by atoms with van der Waals surface area (Å²) in [5, 5.41) is 21.0. The molecule has 1 aromatic heterocycles. The maximum Gasteiger partial charge on any atom is 0.316 e. The maximum atomic E-state index is 11.8. The molecule has 22 heavy (non-hydrogen) atoms. The van der Waals surface area contributed by atoms with Crippen LogP contribution in [-0.4, -0.2) is 39.0 Å². The second kappa shape index (κ2) is 6.30. The molecule has 2 amide bonds. The van der Waals surface area contributed by atoms with E-state index in [0.717, 1.165) is 12.4 Å². The van der Waals surface area contributed by atoms with Crippen LogP contribution in [0.1, 0.15) is 0 Å². The molecule has 0 radical (unpaired) electrons. The van der Waals surface area contributed by atoms with Gasteiger partial charge in [-0.25, -0.2) is 5.10 Å². The molecule has 0 saturated carbocycles. The van der Waals surface area contributed by atoms with E-state index >= 15 is 0 Å².